The largest absolute Gasteiger partial charge is 0.505 e. The van der Waals surface area contributed by atoms with E-state index in [0.717, 1.165) is 11.8 Å². The Kier molecular flexibility index (Phi) is 8.75. The molecule has 1 unspecified atom stereocenters. The molecule has 0 spiro atoms. The van der Waals surface area contributed by atoms with Crippen molar-refractivity contribution in [3.8, 4) is 0 Å². The number of nitrogens with one attached hydrogen (secondary N) is 2. The van der Waals surface area contributed by atoms with Crippen molar-refractivity contribution in [3.63, 3.8) is 0 Å². The van der Waals surface area contributed by atoms with Gasteiger partial charge in [0.1, 0.15) is 18.6 Å². The smallest absolute Gasteiger partial charge is 0.322 e. The van der Waals surface area contributed by atoms with E-state index in [1.165, 1.54) is 6.08 Å². The quantitative estimate of drug-likeness (QED) is 0.233. The molecule has 12 heteroatoms. The Morgan fingerprint density at radius 1 is 1.30 bits per heavy atom. The monoisotopic (exact) mass is 403 g/mol. The van der Waals surface area contributed by atoms with E-state index >= 15 is 0 Å². The summed E-state index contributed by atoms with van der Waals surface area (Å²) in [7, 11) is 0. The summed E-state index contributed by atoms with van der Waals surface area (Å²) in [6.45, 7) is -0.637. The maximum atomic E-state index is 12.1. The SMILES string of the molecule is N[C@@H](CCC(=O)N[C@@H](CSC1C=C(O)C(=O)C1)C(=O)NCC(=O)O)C(=O)O. The van der Waals surface area contributed by atoms with Crippen LogP contribution in [0, 0.1) is 0 Å². The number of carboxylic acid groups (broad SMARTS) is 2. The topological polar surface area (TPSA) is 196 Å². The number of Topliss-reactive ketones (excluding diaryl/α,β-unsaturated/α-hetero) is 1. The molecule has 0 saturated carbocycles. The van der Waals surface area contributed by atoms with E-state index in [1.807, 2.05) is 0 Å². The van der Waals surface area contributed by atoms with E-state index in [-0.39, 0.29) is 36.0 Å². The van der Waals surface area contributed by atoms with Gasteiger partial charge in [-0.3, -0.25) is 24.0 Å². The Morgan fingerprint density at radius 3 is 2.48 bits per heavy atom. The molecule has 0 aliphatic heterocycles. The van der Waals surface area contributed by atoms with Crippen LogP contribution in [0.5, 0.6) is 0 Å². The van der Waals surface area contributed by atoms with Gasteiger partial charge in [-0.1, -0.05) is 0 Å². The van der Waals surface area contributed by atoms with E-state index < -0.39 is 48.2 Å². The number of aliphatic hydroxyl groups is 1. The highest BCUT2D eigenvalue weighted by molar-refractivity contribution is 8.00. The second-order valence-corrected chi connectivity index (χ2v) is 7.04. The third-order valence-electron chi connectivity index (χ3n) is 3.56. The van der Waals surface area contributed by atoms with Crippen molar-refractivity contribution in [2.75, 3.05) is 12.3 Å². The van der Waals surface area contributed by atoms with E-state index in [1.54, 1.807) is 0 Å². The van der Waals surface area contributed by atoms with E-state index in [2.05, 4.69) is 10.6 Å². The van der Waals surface area contributed by atoms with Gasteiger partial charge >= 0.3 is 11.9 Å². The number of ketones is 1. The Bertz CT molecular complexity index is 651. The predicted molar refractivity (Wildman–Crippen MR) is 94.0 cm³/mol. The summed E-state index contributed by atoms with van der Waals surface area (Å²) in [5.41, 5.74) is 5.31. The van der Waals surface area contributed by atoms with Gasteiger partial charge in [-0.2, -0.15) is 11.8 Å². The maximum absolute atomic E-state index is 12.1. The van der Waals surface area contributed by atoms with Gasteiger partial charge in [0.05, 0.1) is 0 Å². The van der Waals surface area contributed by atoms with Crippen LogP contribution in [0.4, 0.5) is 0 Å². The third kappa shape index (κ3) is 8.09. The summed E-state index contributed by atoms with van der Waals surface area (Å²) in [5.74, 6) is -4.64. The summed E-state index contributed by atoms with van der Waals surface area (Å²) in [4.78, 5) is 56.6. The molecule has 2 amide bonds. The minimum Gasteiger partial charge on any atom is -0.505 e. The van der Waals surface area contributed by atoms with Crippen LogP contribution in [0.15, 0.2) is 11.8 Å². The van der Waals surface area contributed by atoms with Crippen LogP contribution in [0.2, 0.25) is 0 Å². The van der Waals surface area contributed by atoms with Gasteiger partial charge in [0, 0.05) is 23.8 Å². The number of thioether (sulfide) groups is 1. The minimum absolute atomic E-state index is 0.0178. The average Bonchev–Trinajstić information content (AvgIpc) is 2.91. The van der Waals surface area contributed by atoms with Gasteiger partial charge in [-0.25, -0.2) is 0 Å². The summed E-state index contributed by atoms with van der Waals surface area (Å²) in [6, 6.07) is -2.32. The second-order valence-electron chi connectivity index (χ2n) is 5.77. The molecule has 0 fully saturated rings. The lowest BCUT2D eigenvalue weighted by atomic mass is 10.1. The number of carbonyl (C=O) groups excluding carboxylic acids is 3. The van der Waals surface area contributed by atoms with Crippen LogP contribution in [0.25, 0.3) is 0 Å². The van der Waals surface area contributed by atoms with Crippen molar-refractivity contribution in [2.24, 2.45) is 5.73 Å². The third-order valence-corrected chi connectivity index (χ3v) is 4.81. The highest BCUT2D eigenvalue weighted by Gasteiger charge is 2.27. The first-order valence-electron chi connectivity index (χ1n) is 7.93. The van der Waals surface area contributed by atoms with Gasteiger partial charge in [0.25, 0.3) is 0 Å². The lowest BCUT2D eigenvalue weighted by molar-refractivity contribution is -0.139. The minimum atomic E-state index is -1.26. The molecule has 0 aromatic carbocycles. The Hall–Kier alpha value is -2.60. The lowest BCUT2D eigenvalue weighted by Gasteiger charge is -2.19. The Morgan fingerprint density at radius 2 is 1.96 bits per heavy atom. The maximum Gasteiger partial charge on any atom is 0.322 e. The summed E-state index contributed by atoms with van der Waals surface area (Å²) >= 11 is 1.13. The number of aliphatic carboxylic acids is 2. The van der Waals surface area contributed by atoms with Gasteiger partial charge in [-0.05, 0) is 12.5 Å². The van der Waals surface area contributed by atoms with Crippen LogP contribution in [0.3, 0.4) is 0 Å². The van der Waals surface area contributed by atoms with Gasteiger partial charge in [0.15, 0.2) is 11.5 Å². The van der Waals surface area contributed by atoms with Crippen LogP contribution >= 0.6 is 11.8 Å². The zero-order valence-corrected chi connectivity index (χ0v) is 15.0. The number of nitrogens with two attached hydrogens (primary N) is 1. The molecule has 150 valence electrons. The average molecular weight is 403 g/mol. The Balaban J connectivity index is 2.62. The second kappa shape index (κ2) is 10.5. The lowest BCUT2D eigenvalue weighted by Crippen LogP contribution is -2.49. The molecular formula is C15H21N3O8S. The molecule has 0 heterocycles. The molecule has 0 saturated heterocycles. The molecule has 1 aliphatic carbocycles. The van der Waals surface area contributed by atoms with Crippen molar-refractivity contribution >= 4 is 41.3 Å². The molecule has 7 N–H and O–H groups in total. The number of carboxylic acids is 2. The van der Waals surface area contributed by atoms with Gasteiger partial charge in [0.2, 0.25) is 11.8 Å². The first kappa shape index (κ1) is 22.4. The van der Waals surface area contributed by atoms with E-state index in [9.17, 15) is 29.1 Å². The number of amides is 2. The molecule has 0 radical (unpaired) electrons. The number of aliphatic hydroxyl groups excluding tert-OH is 1. The standard InChI is InChI=1S/C15H21N3O8S/c16-8(15(25)26)1-2-12(21)18-9(14(24)17-5-13(22)23)6-27-7-3-10(19)11(20)4-7/h3,7-9,19H,1-2,4-6,16H2,(H,17,24)(H,18,21)(H,22,23)(H,25,26)/t7?,8-,9-/m0/s1. The normalized spacial score (nSPS) is 18.3. The molecule has 0 bridgehead atoms. The molecule has 1 rings (SSSR count). The number of rotatable bonds is 11. The molecule has 1 aliphatic rings. The zero-order valence-electron chi connectivity index (χ0n) is 14.2. The number of carbonyl (C=O) groups is 5. The van der Waals surface area contributed by atoms with Crippen LogP contribution in [-0.2, 0) is 24.0 Å². The van der Waals surface area contributed by atoms with Crippen molar-refractivity contribution in [2.45, 2.75) is 36.6 Å². The summed E-state index contributed by atoms with van der Waals surface area (Å²) in [6.07, 6.45) is 1.03. The van der Waals surface area contributed by atoms with Gasteiger partial charge in [-0.15, -0.1) is 0 Å². The van der Waals surface area contributed by atoms with Crippen molar-refractivity contribution in [3.05, 3.63) is 11.8 Å². The molecule has 11 nitrogen and oxygen atoms in total. The van der Waals surface area contributed by atoms with Crippen molar-refractivity contribution in [1.29, 1.82) is 0 Å². The fourth-order valence-corrected chi connectivity index (χ4v) is 3.26. The zero-order chi connectivity index (χ0) is 20.6. The number of hydrogen-bond acceptors (Lipinski definition) is 8. The molecular weight excluding hydrogens is 382 g/mol. The highest BCUT2D eigenvalue weighted by atomic mass is 32.2. The van der Waals surface area contributed by atoms with Gasteiger partial charge < -0.3 is 31.7 Å². The van der Waals surface area contributed by atoms with Crippen molar-refractivity contribution in [1.82, 2.24) is 10.6 Å². The fourth-order valence-electron chi connectivity index (χ4n) is 2.09. The molecule has 27 heavy (non-hydrogen) atoms. The highest BCUT2D eigenvalue weighted by Crippen LogP contribution is 2.25. The van der Waals surface area contributed by atoms with Crippen LogP contribution in [-0.4, -0.2) is 74.5 Å². The first-order chi connectivity index (χ1) is 12.6. The van der Waals surface area contributed by atoms with Crippen LogP contribution in [0.1, 0.15) is 19.3 Å². The summed E-state index contributed by atoms with van der Waals surface area (Å²) < 4.78 is 0. The van der Waals surface area contributed by atoms with E-state index in [4.69, 9.17) is 15.9 Å². The van der Waals surface area contributed by atoms with E-state index in [0.29, 0.717) is 0 Å². The molecule has 0 aromatic heterocycles. The van der Waals surface area contributed by atoms with Crippen molar-refractivity contribution < 1.29 is 39.3 Å². The Labute approximate surface area is 158 Å². The first-order valence-corrected chi connectivity index (χ1v) is 8.97. The summed E-state index contributed by atoms with van der Waals surface area (Å²) in [5, 5.41) is 30.8. The van der Waals surface area contributed by atoms with Crippen LogP contribution < -0.4 is 16.4 Å². The number of hydrogen-bond donors (Lipinski definition) is 6. The number of allylic oxidation sites excluding steroid dienone is 1. The predicted octanol–water partition coefficient (Wildman–Crippen LogP) is -1.62. The fraction of sp³-hybridized carbons (Fsp3) is 0.533. The molecule has 0 aromatic rings. The molecule has 3 atom stereocenters.